The maximum atomic E-state index is 12.1. The molecule has 0 aliphatic heterocycles. The zero-order valence-corrected chi connectivity index (χ0v) is 12.2. The standard InChI is InChI=1S/C15H22N2O3/c1-4-11(3)16-15(19)12-8-6-7-9-13(12)17-14(18)10-20-5-2/h6-9,11H,4-5,10H2,1-3H3,(H,16,19)(H,17,18). The summed E-state index contributed by atoms with van der Waals surface area (Å²) in [6.07, 6.45) is 0.852. The van der Waals surface area contributed by atoms with E-state index in [-0.39, 0.29) is 24.5 Å². The second kappa shape index (κ2) is 8.32. The smallest absolute Gasteiger partial charge is 0.253 e. The summed E-state index contributed by atoms with van der Waals surface area (Å²) in [5.74, 6) is -0.456. The molecule has 1 unspecified atom stereocenters. The average Bonchev–Trinajstić information content (AvgIpc) is 2.45. The van der Waals surface area contributed by atoms with Crippen LogP contribution in [0.15, 0.2) is 24.3 Å². The third-order valence-electron chi connectivity index (χ3n) is 2.87. The molecule has 1 atom stereocenters. The van der Waals surface area contributed by atoms with E-state index in [9.17, 15) is 9.59 Å². The molecule has 1 aromatic carbocycles. The Balaban J connectivity index is 2.77. The molecule has 1 rings (SSSR count). The second-order valence-corrected chi connectivity index (χ2v) is 4.51. The molecule has 0 fully saturated rings. The summed E-state index contributed by atoms with van der Waals surface area (Å²) in [6, 6.07) is 7.03. The van der Waals surface area contributed by atoms with E-state index in [1.54, 1.807) is 24.3 Å². The molecule has 0 spiro atoms. The molecule has 0 bridgehead atoms. The third-order valence-corrected chi connectivity index (χ3v) is 2.87. The van der Waals surface area contributed by atoms with Gasteiger partial charge in [0.15, 0.2) is 0 Å². The molecule has 5 nitrogen and oxygen atoms in total. The molecular formula is C15H22N2O3. The van der Waals surface area contributed by atoms with Crippen LogP contribution >= 0.6 is 0 Å². The van der Waals surface area contributed by atoms with E-state index in [0.717, 1.165) is 6.42 Å². The van der Waals surface area contributed by atoms with Crippen LogP contribution < -0.4 is 10.6 Å². The number of anilines is 1. The summed E-state index contributed by atoms with van der Waals surface area (Å²) >= 11 is 0. The van der Waals surface area contributed by atoms with Crippen LogP contribution in [0.4, 0.5) is 5.69 Å². The van der Waals surface area contributed by atoms with E-state index in [4.69, 9.17) is 4.74 Å². The van der Waals surface area contributed by atoms with Crippen LogP contribution in [0.5, 0.6) is 0 Å². The quantitative estimate of drug-likeness (QED) is 0.803. The van der Waals surface area contributed by atoms with Gasteiger partial charge in [0.05, 0.1) is 11.3 Å². The highest BCUT2D eigenvalue weighted by atomic mass is 16.5. The molecule has 0 aliphatic rings. The van der Waals surface area contributed by atoms with Gasteiger partial charge in [0, 0.05) is 12.6 Å². The summed E-state index contributed by atoms with van der Waals surface area (Å²) in [7, 11) is 0. The van der Waals surface area contributed by atoms with Crippen molar-refractivity contribution in [1.29, 1.82) is 0 Å². The van der Waals surface area contributed by atoms with Gasteiger partial charge in [0.2, 0.25) is 5.91 Å². The molecule has 5 heteroatoms. The van der Waals surface area contributed by atoms with Crippen molar-refractivity contribution in [2.45, 2.75) is 33.2 Å². The fourth-order valence-electron chi connectivity index (χ4n) is 1.57. The van der Waals surface area contributed by atoms with Crippen LogP contribution in [-0.2, 0) is 9.53 Å². The second-order valence-electron chi connectivity index (χ2n) is 4.51. The molecule has 1 aromatic rings. The van der Waals surface area contributed by atoms with Gasteiger partial charge in [0.1, 0.15) is 6.61 Å². The van der Waals surface area contributed by atoms with Crippen molar-refractivity contribution in [3.05, 3.63) is 29.8 Å². The molecule has 0 aromatic heterocycles. The molecule has 0 aliphatic carbocycles. The Morgan fingerprint density at radius 3 is 2.60 bits per heavy atom. The molecular weight excluding hydrogens is 256 g/mol. The van der Waals surface area contributed by atoms with Crippen molar-refractivity contribution in [3.8, 4) is 0 Å². The minimum absolute atomic E-state index is 0.0161. The maximum absolute atomic E-state index is 12.1. The number of amides is 2. The lowest BCUT2D eigenvalue weighted by atomic mass is 10.1. The first-order valence-corrected chi connectivity index (χ1v) is 6.85. The van der Waals surface area contributed by atoms with E-state index in [1.807, 2.05) is 20.8 Å². The Hall–Kier alpha value is -1.88. The van der Waals surface area contributed by atoms with Gasteiger partial charge in [-0.2, -0.15) is 0 Å². The summed E-state index contributed by atoms with van der Waals surface area (Å²) < 4.78 is 5.04. The predicted octanol–water partition coefficient (Wildman–Crippen LogP) is 2.19. The summed E-state index contributed by atoms with van der Waals surface area (Å²) in [5.41, 5.74) is 0.954. The Morgan fingerprint density at radius 2 is 1.95 bits per heavy atom. The molecule has 2 N–H and O–H groups in total. The number of ether oxygens (including phenoxy) is 1. The van der Waals surface area contributed by atoms with Crippen molar-refractivity contribution in [3.63, 3.8) is 0 Å². The van der Waals surface area contributed by atoms with E-state index in [1.165, 1.54) is 0 Å². The first-order valence-electron chi connectivity index (χ1n) is 6.85. The maximum Gasteiger partial charge on any atom is 0.253 e. The number of carbonyl (C=O) groups is 2. The highest BCUT2D eigenvalue weighted by Gasteiger charge is 2.14. The van der Waals surface area contributed by atoms with Gasteiger partial charge in [-0.3, -0.25) is 9.59 Å². The summed E-state index contributed by atoms with van der Waals surface area (Å²) in [4.78, 5) is 23.8. The van der Waals surface area contributed by atoms with Gasteiger partial charge in [-0.05, 0) is 32.4 Å². The van der Waals surface area contributed by atoms with Gasteiger partial charge in [-0.15, -0.1) is 0 Å². The molecule has 0 saturated carbocycles. The van der Waals surface area contributed by atoms with Gasteiger partial charge in [-0.1, -0.05) is 19.1 Å². The topological polar surface area (TPSA) is 67.4 Å². The van der Waals surface area contributed by atoms with Crippen LogP contribution in [0.3, 0.4) is 0 Å². The van der Waals surface area contributed by atoms with Crippen molar-refractivity contribution in [2.24, 2.45) is 0 Å². The zero-order chi connectivity index (χ0) is 15.0. The largest absolute Gasteiger partial charge is 0.372 e. The molecule has 0 saturated heterocycles. The van der Waals surface area contributed by atoms with Crippen LogP contribution in [-0.4, -0.2) is 31.1 Å². The van der Waals surface area contributed by atoms with Gasteiger partial charge in [-0.25, -0.2) is 0 Å². The first-order chi connectivity index (χ1) is 9.58. The number of hydrogen-bond donors (Lipinski definition) is 2. The monoisotopic (exact) mass is 278 g/mol. The predicted molar refractivity (Wildman–Crippen MR) is 78.8 cm³/mol. The number of para-hydroxylation sites is 1. The number of carbonyl (C=O) groups excluding carboxylic acids is 2. The fraction of sp³-hybridized carbons (Fsp3) is 0.467. The van der Waals surface area contributed by atoms with Gasteiger partial charge in [0.25, 0.3) is 5.91 Å². The number of nitrogens with one attached hydrogen (secondary N) is 2. The van der Waals surface area contributed by atoms with E-state index >= 15 is 0 Å². The lowest BCUT2D eigenvalue weighted by Gasteiger charge is -2.14. The van der Waals surface area contributed by atoms with E-state index in [2.05, 4.69) is 10.6 Å². The number of hydrogen-bond acceptors (Lipinski definition) is 3. The van der Waals surface area contributed by atoms with Crippen molar-refractivity contribution < 1.29 is 14.3 Å². The zero-order valence-electron chi connectivity index (χ0n) is 12.2. The Kier molecular flexibility index (Phi) is 6.73. The Morgan fingerprint density at radius 1 is 1.25 bits per heavy atom. The fourth-order valence-corrected chi connectivity index (χ4v) is 1.57. The minimum Gasteiger partial charge on any atom is -0.372 e. The summed E-state index contributed by atoms with van der Waals surface area (Å²) in [6.45, 7) is 6.22. The van der Waals surface area contributed by atoms with E-state index < -0.39 is 0 Å². The van der Waals surface area contributed by atoms with E-state index in [0.29, 0.717) is 17.9 Å². The molecule has 110 valence electrons. The molecule has 0 radical (unpaired) electrons. The summed E-state index contributed by atoms with van der Waals surface area (Å²) in [5, 5.41) is 5.57. The highest BCUT2D eigenvalue weighted by Crippen LogP contribution is 2.15. The Labute approximate surface area is 119 Å². The minimum atomic E-state index is -0.268. The van der Waals surface area contributed by atoms with Gasteiger partial charge >= 0.3 is 0 Å². The molecule has 2 amide bonds. The lowest BCUT2D eigenvalue weighted by molar-refractivity contribution is -0.120. The van der Waals surface area contributed by atoms with Crippen molar-refractivity contribution in [1.82, 2.24) is 5.32 Å². The number of rotatable bonds is 7. The SMILES string of the molecule is CCOCC(=O)Nc1ccccc1C(=O)NC(C)CC. The first kappa shape index (κ1) is 16.2. The van der Waals surface area contributed by atoms with Crippen LogP contribution in [0.1, 0.15) is 37.6 Å². The van der Waals surface area contributed by atoms with Crippen LogP contribution in [0.25, 0.3) is 0 Å². The lowest BCUT2D eigenvalue weighted by Crippen LogP contribution is -2.32. The van der Waals surface area contributed by atoms with Crippen LogP contribution in [0, 0.1) is 0 Å². The Bertz CT molecular complexity index is 460. The van der Waals surface area contributed by atoms with Gasteiger partial charge < -0.3 is 15.4 Å². The third kappa shape index (κ3) is 5.01. The normalized spacial score (nSPS) is 11.8. The van der Waals surface area contributed by atoms with Crippen LogP contribution in [0.2, 0.25) is 0 Å². The molecule has 0 heterocycles. The van der Waals surface area contributed by atoms with Crippen molar-refractivity contribution in [2.75, 3.05) is 18.5 Å². The number of benzene rings is 1. The van der Waals surface area contributed by atoms with Crippen molar-refractivity contribution >= 4 is 17.5 Å². The highest BCUT2D eigenvalue weighted by molar-refractivity contribution is 6.04. The average molecular weight is 278 g/mol. The molecule has 20 heavy (non-hydrogen) atoms.